The number of urea groups is 1. The largest absolute Gasteiger partial charge is 0.324 e. The van der Waals surface area contributed by atoms with Gasteiger partial charge in [-0.3, -0.25) is 5.32 Å². The zero-order chi connectivity index (χ0) is 13.8. The van der Waals surface area contributed by atoms with Gasteiger partial charge in [-0.2, -0.15) is 0 Å². The van der Waals surface area contributed by atoms with E-state index in [9.17, 15) is 4.79 Å². The summed E-state index contributed by atoms with van der Waals surface area (Å²) in [5, 5.41) is 5.96. The molecule has 0 spiro atoms. The number of hydrogen-bond acceptors (Lipinski definition) is 2. The summed E-state index contributed by atoms with van der Waals surface area (Å²) in [6.45, 7) is 3.84. The molecule has 0 fully saturated rings. The highest BCUT2D eigenvalue weighted by atomic mass is 35.5. The molecule has 0 unspecified atom stereocenters. The quantitative estimate of drug-likeness (QED) is 0.870. The van der Waals surface area contributed by atoms with Gasteiger partial charge >= 0.3 is 6.03 Å². The molecule has 2 aromatic rings. The second-order valence-corrected chi connectivity index (χ2v) is 4.67. The molecule has 0 saturated heterocycles. The van der Waals surface area contributed by atoms with Gasteiger partial charge in [0.15, 0.2) is 0 Å². The molecule has 0 aliphatic heterocycles. The monoisotopic (exact) mass is 275 g/mol. The lowest BCUT2D eigenvalue weighted by Crippen LogP contribution is -2.20. The number of benzene rings is 1. The first-order valence-electron chi connectivity index (χ1n) is 5.81. The molecule has 1 aromatic heterocycles. The smallest absolute Gasteiger partial charge is 0.308 e. The fourth-order valence-electron chi connectivity index (χ4n) is 1.49. The summed E-state index contributed by atoms with van der Waals surface area (Å²) < 4.78 is 0. The number of rotatable bonds is 2. The van der Waals surface area contributed by atoms with Gasteiger partial charge in [0.25, 0.3) is 0 Å². The maximum absolute atomic E-state index is 11.8. The molecular formula is C14H14ClN3O. The van der Waals surface area contributed by atoms with Crippen LogP contribution in [0, 0.1) is 13.8 Å². The van der Waals surface area contributed by atoms with E-state index in [-0.39, 0.29) is 6.03 Å². The van der Waals surface area contributed by atoms with E-state index in [2.05, 4.69) is 15.6 Å². The highest BCUT2D eigenvalue weighted by Gasteiger charge is 2.04. The minimum Gasteiger partial charge on any atom is -0.308 e. The van der Waals surface area contributed by atoms with Crippen molar-refractivity contribution in [2.75, 3.05) is 10.6 Å². The number of carbonyl (C=O) groups excluding carboxylic acids is 1. The Kier molecular flexibility index (Phi) is 4.02. The first-order valence-corrected chi connectivity index (χ1v) is 6.19. The number of anilines is 2. The summed E-state index contributed by atoms with van der Waals surface area (Å²) in [6.07, 6.45) is 1.69. The van der Waals surface area contributed by atoms with Gasteiger partial charge in [-0.25, -0.2) is 9.78 Å². The Morgan fingerprint density at radius 3 is 2.58 bits per heavy atom. The van der Waals surface area contributed by atoms with Crippen molar-refractivity contribution >= 4 is 29.1 Å². The van der Waals surface area contributed by atoms with Crippen molar-refractivity contribution in [3.8, 4) is 0 Å². The van der Waals surface area contributed by atoms with Gasteiger partial charge in [0.1, 0.15) is 5.82 Å². The Bertz CT molecular complexity index is 596. The van der Waals surface area contributed by atoms with Crippen molar-refractivity contribution in [3.05, 3.63) is 52.7 Å². The molecule has 98 valence electrons. The van der Waals surface area contributed by atoms with Crippen LogP contribution in [0.4, 0.5) is 16.3 Å². The second kappa shape index (κ2) is 5.71. The van der Waals surface area contributed by atoms with E-state index >= 15 is 0 Å². The normalized spacial score (nSPS) is 10.1. The number of aryl methyl sites for hydroxylation is 2. The number of halogens is 1. The van der Waals surface area contributed by atoms with E-state index in [1.807, 2.05) is 26.0 Å². The van der Waals surface area contributed by atoms with Crippen molar-refractivity contribution in [2.45, 2.75) is 13.8 Å². The fourth-order valence-corrected chi connectivity index (χ4v) is 1.67. The molecule has 0 aliphatic carbocycles. The summed E-state index contributed by atoms with van der Waals surface area (Å²) in [5.74, 6) is 0.501. The predicted octanol–water partition coefficient (Wildman–Crippen LogP) is 4.00. The van der Waals surface area contributed by atoms with Crippen molar-refractivity contribution in [3.63, 3.8) is 0 Å². The van der Waals surface area contributed by atoms with Crippen molar-refractivity contribution in [1.29, 1.82) is 0 Å². The molecular weight excluding hydrogens is 262 g/mol. The summed E-state index contributed by atoms with van der Waals surface area (Å²) in [5.41, 5.74) is 2.64. The van der Waals surface area contributed by atoms with E-state index in [4.69, 9.17) is 11.6 Å². The van der Waals surface area contributed by atoms with Gasteiger partial charge in [0.2, 0.25) is 0 Å². The van der Waals surface area contributed by atoms with E-state index in [0.717, 1.165) is 11.1 Å². The molecule has 1 aromatic carbocycles. The van der Waals surface area contributed by atoms with Crippen LogP contribution in [0.5, 0.6) is 0 Å². The number of pyridine rings is 1. The third kappa shape index (κ3) is 3.69. The predicted molar refractivity (Wildman–Crippen MR) is 77.8 cm³/mol. The van der Waals surface area contributed by atoms with E-state index < -0.39 is 0 Å². The van der Waals surface area contributed by atoms with Crippen LogP contribution in [0.1, 0.15) is 11.1 Å². The van der Waals surface area contributed by atoms with E-state index in [1.165, 1.54) is 0 Å². The Morgan fingerprint density at radius 1 is 1.16 bits per heavy atom. The van der Waals surface area contributed by atoms with Crippen LogP contribution in [0.2, 0.25) is 5.02 Å². The van der Waals surface area contributed by atoms with Crippen LogP contribution in [0.15, 0.2) is 36.5 Å². The zero-order valence-corrected chi connectivity index (χ0v) is 11.5. The molecule has 0 radical (unpaired) electrons. The minimum atomic E-state index is -0.351. The lowest BCUT2D eigenvalue weighted by molar-refractivity contribution is 0.262. The van der Waals surface area contributed by atoms with Gasteiger partial charge in [-0.15, -0.1) is 0 Å². The van der Waals surface area contributed by atoms with Crippen LogP contribution in [-0.2, 0) is 0 Å². The summed E-state index contributed by atoms with van der Waals surface area (Å²) >= 11 is 5.99. The molecule has 0 saturated carbocycles. The molecule has 0 aliphatic rings. The maximum atomic E-state index is 11.8. The molecule has 2 N–H and O–H groups in total. The van der Waals surface area contributed by atoms with Gasteiger partial charge in [0.05, 0.1) is 0 Å². The fraction of sp³-hybridized carbons (Fsp3) is 0.143. The average Bonchev–Trinajstić information content (AvgIpc) is 2.37. The average molecular weight is 276 g/mol. The number of amides is 2. The van der Waals surface area contributed by atoms with Gasteiger partial charge in [0, 0.05) is 16.9 Å². The molecule has 2 amide bonds. The van der Waals surface area contributed by atoms with Crippen molar-refractivity contribution in [2.24, 2.45) is 0 Å². The van der Waals surface area contributed by atoms with E-state index in [0.29, 0.717) is 16.5 Å². The van der Waals surface area contributed by atoms with Crippen molar-refractivity contribution in [1.82, 2.24) is 4.98 Å². The Morgan fingerprint density at radius 2 is 1.95 bits per heavy atom. The molecule has 0 bridgehead atoms. The molecule has 2 rings (SSSR count). The highest BCUT2D eigenvalue weighted by Crippen LogP contribution is 2.20. The number of nitrogens with one attached hydrogen (secondary N) is 2. The van der Waals surface area contributed by atoms with Crippen LogP contribution >= 0.6 is 11.6 Å². The molecule has 5 heteroatoms. The molecule has 0 atom stereocenters. The lowest BCUT2D eigenvalue weighted by atomic mass is 10.2. The first kappa shape index (κ1) is 13.4. The Hall–Kier alpha value is -2.07. The number of nitrogens with zero attached hydrogens (tertiary/aromatic N) is 1. The molecule has 1 heterocycles. The Labute approximate surface area is 116 Å². The highest BCUT2D eigenvalue weighted by molar-refractivity contribution is 6.31. The minimum absolute atomic E-state index is 0.351. The van der Waals surface area contributed by atoms with Gasteiger partial charge in [-0.1, -0.05) is 23.7 Å². The van der Waals surface area contributed by atoms with Gasteiger partial charge in [-0.05, 0) is 43.2 Å². The number of carbonyl (C=O) groups is 1. The number of hydrogen-bond donors (Lipinski definition) is 2. The summed E-state index contributed by atoms with van der Waals surface area (Å²) in [6, 6.07) is 8.63. The lowest BCUT2D eigenvalue weighted by Gasteiger charge is -2.08. The van der Waals surface area contributed by atoms with E-state index in [1.54, 1.807) is 24.4 Å². The van der Waals surface area contributed by atoms with Gasteiger partial charge < -0.3 is 5.32 Å². The zero-order valence-electron chi connectivity index (χ0n) is 10.7. The van der Waals surface area contributed by atoms with Crippen LogP contribution in [0.25, 0.3) is 0 Å². The third-order valence-corrected chi connectivity index (χ3v) is 2.99. The second-order valence-electron chi connectivity index (χ2n) is 4.26. The first-order chi connectivity index (χ1) is 9.04. The number of aromatic nitrogens is 1. The molecule has 19 heavy (non-hydrogen) atoms. The van der Waals surface area contributed by atoms with Crippen LogP contribution in [0.3, 0.4) is 0 Å². The maximum Gasteiger partial charge on any atom is 0.324 e. The summed E-state index contributed by atoms with van der Waals surface area (Å²) in [4.78, 5) is 15.9. The van der Waals surface area contributed by atoms with Crippen LogP contribution in [-0.4, -0.2) is 11.0 Å². The Balaban J connectivity index is 2.01. The third-order valence-electron chi connectivity index (χ3n) is 2.58. The topological polar surface area (TPSA) is 54.0 Å². The SMILES string of the molecule is Cc1ccc(NC(=O)Nc2ccc(C)c(Cl)c2)nc1. The van der Waals surface area contributed by atoms with Crippen LogP contribution < -0.4 is 10.6 Å². The summed E-state index contributed by atoms with van der Waals surface area (Å²) in [7, 11) is 0. The van der Waals surface area contributed by atoms with Crippen molar-refractivity contribution < 1.29 is 4.79 Å². The molecule has 4 nitrogen and oxygen atoms in total. The standard InChI is InChI=1S/C14H14ClN3O/c1-9-3-6-13(16-8-9)18-14(19)17-11-5-4-10(2)12(15)7-11/h3-8H,1-2H3,(H2,16,17,18,19).